The number of unbranched alkanes of at least 4 members (excludes halogenated alkanes) is 2. The fraction of sp³-hybridized carbons (Fsp3) is 0.545. The second-order valence-corrected chi connectivity index (χ2v) is 4.64. The number of rotatable bonds is 7. The Kier molecular flexibility index (Phi) is 6.39. The molecule has 0 unspecified atom stereocenters. The van der Waals surface area contributed by atoms with Crippen molar-refractivity contribution in [2.45, 2.75) is 19.3 Å². The molecule has 0 saturated carbocycles. The van der Waals surface area contributed by atoms with Crippen LogP contribution in [-0.4, -0.2) is 34.7 Å². The van der Waals surface area contributed by atoms with Crippen molar-refractivity contribution < 1.29 is 4.79 Å². The van der Waals surface area contributed by atoms with Gasteiger partial charge in [-0.2, -0.15) is 11.8 Å². The van der Waals surface area contributed by atoms with Crippen molar-refractivity contribution >= 4 is 23.5 Å². The number of thioether (sulfide) groups is 1. The van der Waals surface area contributed by atoms with Crippen LogP contribution in [0.5, 0.6) is 0 Å². The quantitative estimate of drug-likeness (QED) is 0.717. The zero-order chi connectivity index (χ0) is 12.5. The summed E-state index contributed by atoms with van der Waals surface area (Å²) in [6.45, 7) is 0.680. The fourth-order valence-corrected chi connectivity index (χ4v) is 1.80. The molecular weight excluding hydrogens is 236 g/mol. The highest BCUT2D eigenvalue weighted by atomic mass is 32.2. The van der Waals surface area contributed by atoms with Crippen LogP contribution in [0.4, 0.5) is 5.82 Å². The van der Waals surface area contributed by atoms with Crippen LogP contribution in [0.25, 0.3) is 0 Å². The summed E-state index contributed by atoms with van der Waals surface area (Å²) in [6, 6.07) is 3.14. The summed E-state index contributed by atoms with van der Waals surface area (Å²) in [4.78, 5) is 11.6. The standard InChI is InChI=1S/C11H18N4OS/c1-17-8-4-2-3-7-13-11(16)9-5-6-10(12)15-14-9/h5-6H,2-4,7-8H2,1H3,(H2,12,15)(H,13,16). The third kappa shape index (κ3) is 5.53. The number of nitrogens with two attached hydrogens (primary N) is 1. The summed E-state index contributed by atoms with van der Waals surface area (Å²) in [7, 11) is 0. The SMILES string of the molecule is CSCCCCCNC(=O)c1ccc(N)nn1. The molecule has 0 radical (unpaired) electrons. The molecule has 1 aromatic heterocycles. The third-order valence-electron chi connectivity index (χ3n) is 2.23. The minimum atomic E-state index is -0.192. The van der Waals surface area contributed by atoms with Gasteiger partial charge in [0, 0.05) is 6.54 Å². The van der Waals surface area contributed by atoms with Gasteiger partial charge in [-0.05, 0) is 37.0 Å². The van der Waals surface area contributed by atoms with Crippen LogP contribution in [0, 0.1) is 0 Å². The summed E-state index contributed by atoms with van der Waals surface area (Å²) in [5.74, 6) is 1.30. The van der Waals surface area contributed by atoms with Gasteiger partial charge in [0.25, 0.3) is 5.91 Å². The molecule has 0 fully saturated rings. The molecule has 0 atom stereocenters. The summed E-state index contributed by atoms with van der Waals surface area (Å²) < 4.78 is 0. The first-order chi connectivity index (χ1) is 8.24. The second kappa shape index (κ2) is 7.89. The third-order valence-corrected chi connectivity index (χ3v) is 2.93. The van der Waals surface area contributed by atoms with Crippen LogP contribution in [-0.2, 0) is 0 Å². The zero-order valence-electron chi connectivity index (χ0n) is 9.98. The molecule has 5 nitrogen and oxygen atoms in total. The molecule has 94 valence electrons. The average Bonchev–Trinajstić information content (AvgIpc) is 2.34. The number of nitrogens with zero attached hydrogens (tertiary/aromatic N) is 2. The van der Waals surface area contributed by atoms with E-state index in [1.54, 1.807) is 12.1 Å². The van der Waals surface area contributed by atoms with E-state index in [1.165, 1.54) is 12.2 Å². The van der Waals surface area contributed by atoms with Crippen molar-refractivity contribution in [3.05, 3.63) is 17.8 Å². The molecule has 0 bridgehead atoms. The van der Waals surface area contributed by atoms with Crippen LogP contribution in [0.3, 0.4) is 0 Å². The van der Waals surface area contributed by atoms with Gasteiger partial charge in [-0.15, -0.1) is 10.2 Å². The van der Waals surface area contributed by atoms with Crippen LogP contribution in [0.1, 0.15) is 29.8 Å². The van der Waals surface area contributed by atoms with E-state index in [-0.39, 0.29) is 5.91 Å². The predicted molar refractivity (Wildman–Crippen MR) is 71.0 cm³/mol. The Hall–Kier alpha value is -1.30. The van der Waals surface area contributed by atoms with E-state index in [0.717, 1.165) is 12.8 Å². The van der Waals surface area contributed by atoms with Gasteiger partial charge >= 0.3 is 0 Å². The maximum absolute atomic E-state index is 11.6. The molecule has 1 heterocycles. The van der Waals surface area contributed by atoms with E-state index >= 15 is 0 Å². The van der Waals surface area contributed by atoms with E-state index in [1.807, 2.05) is 11.8 Å². The van der Waals surface area contributed by atoms with Gasteiger partial charge in [0.05, 0.1) is 0 Å². The van der Waals surface area contributed by atoms with Gasteiger partial charge in [0.15, 0.2) is 5.69 Å². The molecule has 0 spiro atoms. The highest BCUT2D eigenvalue weighted by Crippen LogP contribution is 2.02. The van der Waals surface area contributed by atoms with Gasteiger partial charge in [-0.3, -0.25) is 4.79 Å². The Labute approximate surface area is 106 Å². The van der Waals surface area contributed by atoms with Gasteiger partial charge in [0.1, 0.15) is 5.82 Å². The van der Waals surface area contributed by atoms with E-state index < -0.39 is 0 Å². The summed E-state index contributed by atoms with van der Waals surface area (Å²) in [5.41, 5.74) is 5.70. The van der Waals surface area contributed by atoms with E-state index in [9.17, 15) is 4.79 Å². The zero-order valence-corrected chi connectivity index (χ0v) is 10.8. The van der Waals surface area contributed by atoms with Crippen molar-refractivity contribution in [3.63, 3.8) is 0 Å². The Balaban J connectivity index is 2.19. The fourth-order valence-electron chi connectivity index (χ4n) is 1.30. The number of carbonyl (C=O) groups is 1. The number of nitrogen functional groups attached to an aromatic ring is 1. The van der Waals surface area contributed by atoms with Gasteiger partial charge in [0.2, 0.25) is 0 Å². The summed E-state index contributed by atoms with van der Waals surface area (Å²) in [5, 5.41) is 10.2. The lowest BCUT2D eigenvalue weighted by Crippen LogP contribution is -2.25. The largest absolute Gasteiger partial charge is 0.382 e. The van der Waals surface area contributed by atoms with Crippen LogP contribution >= 0.6 is 11.8 Å². The van der Waals surface area contributed by atoms with Gasteiger partial charge in [-0.25, -0.2) is 0 Å². The minimum Gasteiger partial charge on any atom is -0.382 e. The predicted octanol–water partition coefficient (Wildman–Crippen LogP) is 1.32. The number of amides is 1. The molecule has 6 heteroatoms. The maximum atomic E-state index is 11.6. The molecule has 1 aromatic rings. The molecule has 1 amide bonds. The monoisotopic (exact) mass is 254 g/mol. The minimum absolute atomic E-state index is 0.192. The first-order valence-corrected chi connectivity index (χ1v) is 7.00. The lowest BCUT2D eigenvalue weighted by Gasteiger charge is -2.04. The molecule has 0 saturated heterocycles. The Morgan fingerprint density at radius 3 is 2.82 bits per heavy atom. The van der Waals surface area contributed by atoms with Crippen LogP contribution in [0.2, 0.25) is 0 Å². The van der Waals surface area contributed by atoms with Crippen molar-refractivity contribution in [2.75, 3.05) is 24.3 Å². The number of nitrogens with one attached hydrogen (secondary N) is 1. The lowest BCUT2D eigenvalue weighted by atomic mass is 10.2. The first kappa shape index (κ1) is 13.8. The molecule has 0 aliphatic heterocycles. The lowest BCUT2D eigenvalue weighted by molar-refractivity contribution is 0.0947. The molecule has 0 aliphatic carbocycles. The molecule has 3 N–H and O–H groups in total. The summed E-state index contributed by atoms with van der Waals surface area (Å²) in [6.07, 6.45) is 5.42. The normalized spacial score (nSPS) is 10.2. The van der Waals surface area contributed by atoms with E-state index in [2.05, 4.69) is 21.8 Å². The number of hydrogen-bond acceptors (Lipinski definition) is 5. The molecule has 0 aliphatic rings. The highest BCUT2D eigenvalue weighted by molar-refractivity contribution is 7.98. The van der Waals surface area contributed by atoms with E-state index in [4.69, 9.17) is 5.73 Å². The number of aromatic nitrogens is 2. The van der Waals surface area contributed by atoms with E-state index in [0.29, 0.717) is 18.1 Å². The van der Waals surface area contributed by atoms with Crippen molar-refractivity contribution in [3.8, 4) is 0 Å². The Morgan fingerprint density at radius 1 is 1.35 bits per heavy atom. The Morgan fingerprint density at radius 2 is 2.18 bits per heavy atom. The Bertz CT molecular complexity index is 342. The van der Waals surface area contributed by atoms with Crippen molar-refractivity contribution in [1.29, 1.82) is 0 Å². The first-order valence-electron chi connectivity index (χ1n) is 5.60. The smallest absolute Gasteiger partial charge is 0.271 e. The van der Waals surface area contributed by atoms with Gasteiger partial charge in [-0.1, -0.05) is 6.42 Å². The van der Waals surface area contributed by atoms with Crippen LogP contribution < -0.4 is 11.1 Å². The number of carbonyl (C=O) groups excluding carboxylic acids is 1. The van der Waals surface area contributed by atoms with Crippen molar-refractivity contribution in [2.24, 2.45) is 0 Å². The topological polar surface area (TPSA) is 80.9 Å². The number of hydrogen-bond donors (Lipinski definition) is 2. The number of anilines is 1. The molecular formula is C11H18N4OS. The van der Waals surface area contributed by atoms with Crippen molar-refractivity contribution in [1.82, 2.24) is 15.5 Å². The average molecular weight is 254 g/mol. The molecule has 17 heavy (non-hydrogen) atoms. The summed E-state index contributed by atoms with van der Waals surface area (Å²) >= 11 is 1.85. The second-order valence-electron chi connectivity index (χ2n) is 3.65. The highest BCUT2D eigenvalue weighted by Gasteiger charge is 2.06. The van der Waals surface area contributed by atoms with Gasteiger partial charge < -0.3 is 11.1 Å². The molecule has 0 aromatic carbocycles. The molecule has 1 rings (SSSR count). The maximum Gasteiger partial charge on any atom is 0.271 e. The van der Waals surface area contributed by atoms with Crippen LogP contribution in [0.15, 0.2) is 12.1 Å².